The van der Waals surface area contributed by atoms with Gasteiger partial charge in [0.15, 0.2) is 0 Å². The first-order chi connectivity index (χ1) is 17.5. The molecule has 0 aliphatic carbocycles. The van der Waals surface area contributed by atoms with Crippen molar-refractivity contribution in [1.29, 1.82) is 0 Å². The first-order valence-electron chi connectivity index (χ1n) is 12.9. The lowest BCUT2D eigenvalue weighted by molar-refractivity contribution is -0.192. The molecule has 37 heavy (non-hydrogen) atoms. The maximum absolute atomic E-state index is 10.6. The van der Waals surface area contributed by atoms with Crippen molar-refractivity contribution in [2.45, 2.75) is 64.2 Å². The van der Waals surface area contributed by atoms with Crippen LogP contribution in [0.25, 0.3) is 0 Å². The Kier molecular flexibility index (Phi) is 10.2. The summed E-state index contributed by atoms with van der Waals surface area (Å²) in [6.45, 7) is 9.81. The van der Waals surface area contributed by atoms with Crippen LogP contribution < -0.4 is 4.74 Å². The molecule has 2 aliphatic rings. The molecule has 9 heteroatoms. The van der Waals surface area contributed by atoms with E-state index in [-0.39, 0.29) is 0 Å². The number of rotatable bonds is 7. The quantitative estimate of drug-likeness (QED) is 0.505. The standard InChI is InChI=1S/C26H36N2O2.C2HF3O2/c1-20(2)28-15-12-22-19-23(29)8-11-25(22)26(28)18-21-6-9-24(10-7-21)30-17-16-27-13-4-3-5-14-27;3-2(4,5)1(6)7/h6-11,19-20,26,29H,3-5,12-18H2,1-2H3;(H,6,7). The van der Waals surface area contributed by atoms with Crippen LogP contribution in [-0.4, -0.2) is 71.0 Å². The Morgan fingerprint density at radius 3 is 2.30 bits per heavy atom. The van der Waals surface area contributed by atoms with Gasteiger partial charge in [0.1, 0.15) is 18.1 Å². The highest BCUT2D eigenvalue weighted by Gasteiger charge is 2.38. The van der Waals surface area contributed by atoms with Crippen molar-refractivity contribution < 1.29 is 32.9 Å². The summed E-state index contributed by atoms with van der Waals surface area (Å²) < 4.78 is 37.7. The van der Waals surface area contributed by atoms with Crippen LogP contribution >= 0.6 is 0 Å². The number of phenols is 1. The Hall–Kier alpha value is -2.78. The fourth-order valence-electron chi connectivity index (χ4n) is 4.98. The lowest BCUT2D eigenvalue weighted by Gasteiger charge is -2.40. The fourth-order valence-corrected chi connectivity index (χ4v) is 4.98. The summed E-state index contributed by atoms with van der Waals surface area (Å²) in [6.07, 6.45) is 0.921. The van der Waals surface area contributed by atoms with E-state index in [9.17, 15) is 18.3 Å². The van der Waals surface area contributed by atoms with Crippen molar-refractivity contribution >= 4 is 5.97 Å². The number of piperidine rings is 1. The summed E-state index contributed by atoms with van der Waals surface area (Å²) in [7, 11) is 0. The molecular weight excluding hydrogens is 485 g/mol. The molecule has 204 valence electrons. The number of carboxylic acid groups (broad SMARTS) is 1. The molecule has 6 nitrogen and oxygen atoms in total. The van der Waals surface area contributed by atoms with Crippen LogP contribution in [0.15, 0.2) is 42.5 Å². The zero-order valence-corrected chi connectivity index (χ0v) is 21.5. The summed E-state index contributed by atoms with van der Waals surface area (Å²) in [4.78, 5) is 14.0. The van der Waals surface area contributed by atoms with E-state index in [1.807, 2.05) is 12.1 Å². The lowest BCUT2D eigenvalue weighted by Crippen LogP contribution is -2.41. The Morgan fingerprint density at radius 1 is 1.05 bits per heavy atom. The number of ether oxygens (including phenoxy) is 1. The zero-order chi connectivity index (χ0) is 27.0. The van der Waals surface area contributed by atoms with E-state index < -0.39 is 12.1 Å². The topological polar surface area (TPSA) is 73.2 Å². The second-order valence-electron chi connectivity index (χ2n) is 9.88. The summed E-state index contributed by atoms with van der Waals surface area (Å²) in [5, 5.41) is 17.0. The average molecular weight is 523 g/mol. The van der Waals surface area contributed by atoms with Gasteiger partial charge in [0.05, 0.1) is 0 Å². The molecule has 0 bridgehead atoms. The van der Waals surface area contributed by atoms with Crippen LogP contribution in [0.2, 0.25) is 0 Å². The first kappa shape index (κ1) is 28.8. The lowest BCUT2D eigenvalue weighted by atomic mass is 9.87. The van der Waals surface area contributed by atoms with E-state index >= 15 is 0 Å². The van der Waals surface area contributed by atoms with Crippen molar-refractivity contribution in [1.82, 2.24) is 9.80 Å². The number of hydrogen-bond donors (Lipinski definition) is 2. The van der Waals surface area contributed by atoms with E-state index in [2.05, 4.69) is 54.0 Å². The molecule has 2 aliphatic heterocycles. The maximum Gasteiger partial charge on any atom is 0.490 e. The summed E-state index contributed by atoms with van der Waals surface area (Å²) >= 11 is 0. The number of halogens is 3. The molecule has 0 spiro atoms. The molecule has 2 N–H and O–H groups in total. The number of benzene rings is 2. The van der Waals surface area contributed by atoms with Gasteiger partial charge in [0.2, 0.25) is 0 Å². The van der Waals surface area contributed by atoms with Crippen LogP contribution in [0.5, 0.6) is 11.5 Å². The Morgan fingerprint density at radius 2 is 1.70 bits per heavy atom. The number of alkyl halides is 3. The number of phenolic OH excluding ortho intramolecular Hbond substituents is 1. The minimum atomic E-state index is -5.08. The van der Waals surface area contributed by atoms with E-state index in [1.165, 1.54) is 49.0 Å². The van der Waals surface area contributed by atoms with Crippen molar-refractivity contribution in [2.75, 3.05) is 32.8 Å². The van der Waals surface area contributed by atoms with Crippen molar-refractivity contribution in [3.63, 3.8) is 0 Å². The number of fused-ring (bicyclic) bond motifs is 1. The minimum absolute atomic E-state index is 0.347. The van der Waals surface area contributed by atoms with E-state index in [1.54, 1.807) is 0 Å². The van der Waals surface area contributed by atoms with E-state index in [0.29, 0.717) is 17.8 Å². The van der Waals surface area contributed by atoms with Gasteiger partial charge in [-0.1, -0.05) is 24.6 Å². The number of nitrogens with zero attached hydrogens (tertiary/aromatic N) is 2. The highest BCUT2D eigenvalue weighted by Crippen LogP contribution is 2.35. The number of carboxylic acids is 1. The van der Waals surface area contributed by atoms with Crippen LogP contribution in [0.3, 0.4) is 0 Å². The third-order valence-corrected chi connectivity index (χ3v) is 6.91. The first-order valence-corrected chi connectivity index (χ1v) is 12.9. The highest BCUT2D eigenvalue weighted by atomic mass is 19.4. The zero-order valence-electron chi connectivity index (χ0n) is 21.5. The van der Waals surface area contributed by atoms with E-state index in [0.717, 1.165) is 38.3 Å². The van der Waals surface area contributed by atoms with Gasteiger partial charge in [0, 0.05) is 25.2 Å². The summed E-state index contributed by atoms with van der Waals surface area (Å²) in [5.41, 5.74) is 3.97. The molecule has 1 atom stereocenters. The molecular formula is C28H37F3N2O4. The molecule has 1 fully saturated rings. The normalized spacial score (nSPS) is 18.6. The Bertz CT molecular complexity index is 1010. The van der Waals surface area contributed by atoms with Crippen LogP contribution in [-0.2, 0) is 17.6 Å². The summed E-state index contributed by atoms with van der Waals surface area (Å²) in [6, 6.07) is 15.4. The monoisotopic (exact) mass is 522 g/mol. The number of hydrogen-bond acceptors (Lipinski definition) is 5. The smallest absolute Gasteiger partial charge is 0.490 e. The van der Waals surface area contributed by atoms with Gasteiger partial charge in [-0.25, -0.2) is 4.79 Å². The molecule has 0 radical (unpaired) electrons. The molecule has 4 rings (SSSR count). The van der Waals surface area contributed by atoms with Gasteiger partial charge in [-0.05, 0) is 93.6 Å². The Balaban J connectivity index is 0.000000479. The third-order valence-electron chi connectivity index (χ3n) is 6.91. The molecule has 2 aromatic rings. The predicted octanol–water partition coefficient (Wildman–Crippen LogP) is 5.44. The van der Waals surface area contributed by atoms with Gasteiger partial charge in [0.25, 0.3) is 0 Å². The molecule has 2 aromatic carbocycles. The molecule has 0 saturated carbocycles. The molecule has 0 aromatic heterocycles. The number of aromatic hydroxyl groups is 1. The van der Waals surface area contributed by atoms with Gasteiger partial charge < -0.3 is 14.9 Å². The molecule has 1 unspecified atom stereocenters. The SMILES string of the molecule is CC(C)N1CCc2cc(O)ccc2C1Cc1ccc(OCCN2CCCCC2)cc1.O=C(O)C(F)(F)F. The largest absolute Gasteiger partial charge is 0.508 e. The van der Waals surface area contributed by atoms with Gasteiger partial charge in [-0.3, -0.25) is 9.80 Å². The number of likely N-dealkylation sites (tertiary alicyclic amines) is 1. The third kappa shape index (κ3) is 8.64. The van der Waals surface area contributed by atoms with Crippen LogP contribution in [0, 0.1) is 0 Å². The highest BCUT2D eigenvalue weighted by molar-refractivity contribution is 5.73. The summed E-state index contributed by atoms with van der Waals surface area (Å²) in [5.74, 6) is -1.42. The minimum Gasteiger partial charge on any atom is -0.508 e. The van der Waals surface area contributed by atoms with Crippen LogP contribution in [0.4, 0.5) is 13.2 Å². The van der Waals surface area contributed by atoms with Crippen molar-refractivity contribution in [3.05, 3.63) is 59.2 Å². The Labute approximate surface area is 216 Å². The fraction of sp³-hybridized carbons (Fsp3) is 0.536. The van der Waals surface area contributed by atoms with Crippen molar-refractivity contribution in [2.24, 2.45) is 0 Å². The number of carbonyl (C=O) groups is 1. The van der Waals surface area contributed by atoms with E-state index in [4.69, 9.17) is 14.6 Å². The predicted molar refractivity (Wildman–Crippen MR) is 136 cm³/mol. The molecule has 2 heterocycles. The van der Waals surface area contributed by atoms with Gasteiger partial charge >= 0.3 is 12.1 Å². The molecule has 1 saturated heterocycles. The maximum atomic E-state index is 10.6. The van der Waals surface area contributed by atoms with Gasteiger partial charge in [-0.2, -0.15) is 13.2 Å². The molecule has 0 amide bonds. The van der Waals surface area contributed by atoms with Crippen molar-refractivity contribution in [3.8, 4) is 11.5 Å². The average Bonchev–Trinajstić information content (AvgIpc) is 2.85. The second kappa shape index (κ2) is 13.1. The number of aliphatic carboxylic acids is 1. The van der Waals surface area contributed by atoms with Crippen LogP contribution in [0.1, 0.15) is 55.8 Å². The second-order valence-corrected chi connectivity index (χ2v) is 9.88. The van der Waals surface area contributed by atoms with Gasteiger partial charge in [-0.15, -0.1) is 0 Å².